The molecular weight excluding hydrogens is 232 g/mol. The number of ether oxygens (including phenoxy) is 1. The first-order valence-corrected chi connectivity index (χ1v) is 7.55. The van der Waals surface area contributed by atoms with Crippen LogP contribution in [0.1, 0.15) is 58.1 Å². The van der Waals surface area contributed by atoms with Crippen LogP contribution >= 0.6 is 0 Å². The third-order valence-electron chi connectivity index (χ3n) is 2.32. The predicted molar refractivity (Wildman–Crippen MR) is 88.6 cm³/mol. The van der Waals surface area contributed by atoms with Gasteiger partial charge in [-0.15, -0.1) is 0 Å². The second-order valence-electron chi connectivity index (χ2n) is 3.81. The lowest BCUT2D eigenvalue weighted by Gasteiger charge is -1.97. The minimum Gasteiger partial charge on any atom is -0.385 e. The van der Waals surface area contributed by atoms with Crippen LogP contribution in [0.25, 0.3) is 6.08 Å². The molecule has 0 aliphatic carbocycles. The van der Waals surface area contributed by atoms with Gasteiger partial charge in [-0.2, -0.15) is 0 Å². The van der Waals surface area contributed by atoms with Gasteiger partial charge in [-0.25, -0.2) is 0 Å². The van der Waals surface area contributed by atoms with Gasteiger partial charge in [0.2, 0.25) is 0 Å². The molecule has 0 N–H and O–H groups in total. The van der Waals surface area contributed by atoms with E-state index in [0.717, 1.165) is 19.4 Å². The van der Waals surface area contributed by atoms with Crippen LogP contribution in [0.4, 0.5) is 0 Å². The van der Waals surface area contributed by atoms with Crippen molar-refractivity contribution in [1.29, 1.82) is 0 Å². The fourth-order valence-electron chi connectivity index (χ4n) is 1.50. The van der Waals surface area contributed by atoms with Crippen LogP contribution < -0.4 is 0 Å². The summed E-state index contributed by atoms with van der Waals surface area (Å²) in [6.07, 6.45) is 7.92. The molecule has 1 nitrogen and oxygen atoms in total. The van der Waals surface area contributed by atoms with Gasteiger partial charge in [-0.1, -0.05) is 69.7 Å². The largest absolute Gasteiger partial charge is 0.385 e. The second kappa shape index (κ2) is 16.9. The van der Waals surface area contributed by atoms with Crippen LogP contribution in [0.2, 0.25) is 0 Å². The molecule has 0 amide bonds. The van der Waals surface area contributed by atoms with E-state index in [9.17, 15) is 0 Å². The molecule has 19 heavy (non-hydrogen) atoms. The maximum atomic E-state index is 5.00. The Hall–Kier alpha value is -1.08. The number of hydrogen-bond acceptors (Lipinski definition) is 1. The first-order chi connectivity index (χ1) is 9.33. The Bertz CT molecular complexity index is 302. The molecule has 0 saturated heterocycles. The average Bonchev–Trinajstić information content (AvgIpc) is 2.47. The Morgan fingerprint density at radius 3 is 2.32 bits per heavy atom. The van der Waals surface area contributed by atoms with Crippen molar-refractivity contribution >= 4 is 6.08 Å². The van der Waals surface area contributed by atoms with Crippen molar-refractivity contribution in [3.63, 3.8) is 0 Å². The van der Waals surface area contributed by atoms with Gasteiger partial charge < -0.3 is 4.74 Å². The SMILES string of the molecule is CC.CC.COCCCC/C=C/c1cccc(C)c1. The molecule has 1 heteroatoms. The maximum Gasteiger partial charge on any atom is 0.0462 e. The van der Waals surface area contributed by atoms with Gasteiger partial charge in [0, 0.05) is 13.7 Å². The molecule has 0 aliphatic heterocycles. The fraction of sp³-hybridized carbons (Fsp3) is 0.556. The summed E-state index contributed by atoms with van der Waals surface area (Å²) in [5.74, 6) is 0. The molecule has 0 atom stereocenters. The number of methoxy groups -OCH3 is 1. The van der Waals surface area contributed by atoms with Gasteiger partial charge in [0.05, 0.1) is 0 Å². The molecule has 0 heterocycles. The van der Waals surface area contributed by atoms with Crippen LogP contribution in [-0.2, 0) is 4.74 Å². The van der Waals surface area contributed by atoms with E-state index in [-0.39, 0.29) is 0 Å². The van der Waals surface area contributed by atoms with Crippen molar-refractivity contribution in [2.24, 2.45) is 0 Å². The molecule has 1 aromatic carbocycles. The van der Waals surface area contributed by atoms with E-state index in [1.807, 2.05) is 27.7 Å². The molecule has 0 radical (unpaired) electrons. The van der Waals surface area contributed by atoms with E-state index in [0.29, 0.717) is 0 Å². The van der Waals surface area contributed by atoms with Gasteiger partial charge in [-0.05, 0) is 31.7 Å². The van der Waals surface area contributed by atoms with Crippen molar-refractivity contribution in [2.45, 2.75) is 53.9 Å². The highest BCUT2D eigenvalue weighted by atomic mass is 16.5. The monoisotopic (exact) mass is 264 g/mol. The molecule has 110 valence electrons. The molecule has 0 bridgehead atoms. The number of benzene rings is 1. The van der Waals surface area contributed by atoms with Crippen molar-refractivity contribution in [3.8, 4) is 0 Å². The smallest absolute Gasteiger partial charge is 0.0462 e. The Morgan fingerprint density at radius 1 is 1.05 bits per heavy atom. The Balaban J connectivity index is 0. The van der Waals surface area contributed by atoms with Crippen molar-refractivity contribution < 1.29 is 4.74 Å². The summed E-state index contributed by atoms with van der Waals surface area (Å²) in [5.41, 5.74) is 2.61. The number of aryl methyl sites for hydroxylation is 1. The lowest BCUT2D eigenvalue weighted by Crippen LogP contribution is -1.86. The summed E-state index contributed by atoms with van der Waals surface area (Å²) in [5, 5.41) is 0. The summed E-state index contributed by atoms with van der Waals surface area (Å²) in [6, 6.07) is 8.56. The Kier molecular flexibility index (Phi) is 18.0. The highest BCUT2D eigenvalue weighted by molar-refractivity contribution is 5.49. The van der Waals surface area contributed by atoms with Crippen LogP contribution in [0.5, 0.6) is 0 Å². The quantitative estimate of drug-likeness (QED) is 0.583. The molecule has 0 aromatic heterocycles. The zero-order chi connectivity index (χ0) is 14.9. The summed E-state index contributed by atoms with van der Waals surface area (Å²) in [6.45, 7) is 11.0. The summed E-state index contributed by atoms with van der Waals surface area (Å²) < 4.78 is 5.00. The van der Waals surface area contributed by atoms with E-state index >= 15 is 0 Å². The average molecular weight is 264 g/mol. The molecule has 0 fully saturated rings. The minimum atomic E-state index is 0.873. The van der Waals surface area contributed by atoms with E-state index in [1.165, 1.54) is 17.5 Å². The topological polar surface area (TPSA) is 9.23 Å². The van der Waals surface area contributed by atoms with E-state index in [4.69, 9.17) is 4.74 Å². The number of allylic oxidation sites excluding steroid dienone is 1. The zero-order valence-corrected chi connectivity index (χ0v) is 13.7. The lowest BCUT2D eigenvalue weighted by molar-refractivity contribution is 0.193. The third-order valence-corrected chi connectivity index (χ3v) is 2.32. The predicted octanol–water partition coefficient (Wildman–Crippen LogP) is 5.88. The van der Waals surface area contributed by atoms with Crippen LogP contribution in [-0.4, -0.2) is 13.7 Å². The molecule has 0 spiro atoms. The van der Waals surface area contributed by atoms with Crippen molar-refractivity contribution in [3.05, 3.63) is 41.5 Å². The van der Waals surface area contributed by atoms with Crippen LogP contribution in [0, 0.1) is 6.92 Å². The maximum absolute atomic E-state index is 5.00. The molecule has 1 rings (SSSR count). The molecular formula is C18H32O. The van der Waals surface area contributed by atoms with E-state index in [2.05, 4.69) is 43.3 Å². The molecule has 0 saturated carbocycles. The van der Waals surface area contributed by atoms with E-state index in [1.54, 1.807) is 7.11 Å². The number of rotatable bonds is 6. The van der Waals surface area contributed by atoms with Crippen LogP contribution in [0.15, 0.2) is 30.3 Å². The number of hydrogen-bond donors (Lipinski definition) is 0. The van der Waals surface area contributed by atoms with Crippen molar-refractivity contribution in [1.82, 2.24) is 0 Å². The first-order valence-electron chi connectivity index (χ1n) is 7.55. The fourth-order valence-corrected chi connectivity index (χ4v) is 1.50. The van der Waals surface area contributed by atoms with Gasteiger partial charge in [0.25, 0.3) is 0 Å². The molecule has 1 aromatic rings. The van der Waals surface area contributed by atoms with Crippen LogP contribution in [0.3, 0.4) is 0 Å². The minimum absolute atomic E-state index is 0.873. The highest BCUT2D eigenvalue weighted by Gasteiger charge is 1.87. The van der Waals surface area contributed by atoms with Gasteiger partial charge in [-0.3, -0.25) is 0 Å². The Labute approximate surface area is 120 Å². The zero-order valence-electron chi connectivity index (χ0n) is 13.7. The lowest BCUT2D eigenvalue weighted by atomic mass is 10.1. The normalized spacial score (nSPS) is 9.37. The van der Waals surface area contributed by atoms with Crippen molar-refractivity contribution in [2.75, 3.05) is 13.7 Å². The standard InChI is InChI=1S/C14H20O.2C2H6/c1-13-8-7-10-14(12-13)9-5-3-4-6-11-15-2;2*1-2/h5,7-10,12H,3-4,6,11H2,1-2H3;2*1-2H3/b9-5+;;. The van der Waals surface area contributed by atoms with Gasteiger partial charge >= 0.3 is 0 Å². The first kappa shape index (κ1) is 20.2. The molecule has 0 aliphatic rings. The summed E-state index contributed by atoms with van der Waals surface area (Å²) >= 11 is 0. The third kappa shape index (κ3) is 13.2. The van der Waals surface area contributed by atoms with Gasteiger partial charge in [0.15, 0.2) is 0 Å². The highest BCUT2D eigenvalue weighted by Crippen LogP contribution is 2.07. The van der Waals surface area contributed by atoms with Gasteiger partial charge in [0.1, 0.15) is 0 Å². The van der Waals surface area contributed by atoms with E-state index < -0.39 is 0 Å². The molecule has 0 unspecified atom stereocenters. The summed E-state index contributed by atoms with van der Waals surface area (Å²) in [4.78, 5) is 0. The number of unbranched alkanes of at least 4 members (excludes halogenated alkanes) is 2. The summed E-state index contributed by atoms with van der Waals surface area (Å²) in [7, 11) is 1.75. The second-order valence-corrected chi connectivity index (χ2v) is 3.81. The Morgan fingerprint density at radius 2 is 1.74 bits per heavy atom.